The second kappa shape index (κ2) is 4.66. The Kier molecular flexibility index (Phi) is 5.11. The largest absolute Gasteiger partial charge is 0.270 e. The molecule has 0 saturated heterocycles. The van der Waals surface area contributed by atoms with E-state index < -0.39 is 0 Å². The van der Waals surface area contributed by atoms with Gasteiger partial charge in [-0.25, -0.2) is 0 Å². The van der Waals surface area contributed by atoms with E-state index in [0.29, 0.717) is 10.5 Å². The Balaban J connectivity index is 4.16. The Hall–Kier alpha value is 0.880. The molecule has 0 aromatic carbocycles. The molecule has 0 spiro atoms. The van der Waals surface area contributed by atoms with Gasteiger partial charge in [0.2, 0.25) is 0 Å². The van der Waals surface area contributed by atoms with Gasteiger partial charge in [0.25, 0.3) is 0 Å². The fraction of sp³-hybridized carbons (Fsp3) is 0.800. The van der Waals surface area contributed by atoms with Crippen molar-refractivity contribution in [3.63, 3.8) is 0 Å². The van der Waals surface area contributed by atoms with Crippen LogP contribution in [0, 0.1) is 0 Å². The second-order valence-electron chi connectivity index (χ2n) is 2.07. The first-order chi connectivity index (χ1) is 4.09. The standard InChI is InChI=1S/C5H13NS3/c1-6(2)5(8-7)9(3)4/h7H,1-4H3. The van der Waals surface area contributed by atoms with E-state index in [9.17, 15) is 0 Å². The van der Waals surface area contributed by atoms with E-state index in [4.69, 9.17) is 0 Å². The van der Waals surface area contributed by atoms with Crippen LogP contribution in [0.15, 0.2) is 0 Å². The van der Waals surface area contributed by atoms with Crippen molar-refractivity contribution < 1.29 is 0 Å². The summed E-state index contributed by atoms with van der Waals surface area (Å²) in [5, 5.41) is 0. The Morgan fingerprint density at radius 3 is 1.89 bits per heavy atom. The molecule has 0 N–H and O–H groups in total. The first kappa shape index (κ1) is 9.88. The summed E-state index contributed by atoms with van der Waals surface area (Å²) < 4.78 is 1.33. The summed E-state index contributed by atoms with van der Waals surface area (Å²) in [6.45, 7) is 0. The molecule has 0 aliphatic heterocycles. The minimum absolute atomic E-state index is 0.346. The molecule has 0 unspecified atom stereocenters. The van der Waals surface area contributed by atoms with E-state index >= 15 is 0 Å². The van der Waals surface area contributed by atoms with Crippen molar-refractivity contribution in [2.45, 2.75) is 0 Å². The zero-order chi connectivity index (χ0) is 7.44. The predicted octanol–water partition coefficient (Wildman–Crippen LogP) is 1.74. The Morgan fingerprint density at radius 2 is 1.89 bits per heavy atom. The summed E-state index contributed by atoms with van der Waals surface area (Å²) in [4.78, 5) is 2.11. The molecule has 0 aromatic heterocycles. The predicted molar refractivity (Wildman–Crippen MR) is 54.7 cm³/mol. The van der Waals surface area contributed by atoms with Gasteiger partial charge in [0.15, 0.2) is 0 Å². The van der Waals surface area contributed by atoms with Crippen molar-refractivity contribution in [2.24, 2.45) is 0 Å². The lowest BCUT2D eigenvalue weighted by atomic mass is 11.0. The van der Waals surface area contributed by atoms with Crippen LogP contribution in [0.3, 0.4) is 0 Å². The van der Waals surface area contributed by atoms with Crippen LogP contribution in [0.2, 0.25) is 0 Å². The number of hydrogen-bond acceptors (Lipinski definition) is 2. The van der Waals surface area contributed by atoms with Gasteiger partial charge in [-0.05, 0) is 37.4 Å². The molecule has 0 fully saturated rings. The summed E-state index contributed by atoms with van der Waals surface area (Å²) in [5.74, 6) is 0. The SMILES string of the molecule is CN(C)C(SS)=S(C)C. The van der Waals surface area contributed by atoms with Gasteiger partial charge in [-0.2, -0.15) is 10.5 Å². The summed E-state index contributed by atoms with van der Waals surface area (Å²) in [6, 6.07) is 0. The Bertz CT molecular complexity index is 115. The number of hydrogen-bond donors (Lipinski definition) is 1. The van der Waals surface area contributed by atoms with Gasteiger partial charge in [0.05, 0.1) is 4.32 Å². The molecule has 0 rings (SSSR count). The highest BCUT2D eigenvalue weighted by Gasteiger charge is 1.98. The van der Waals surface area contributed by atoms with Gasteiger partial charge >= 0.3 is 0 Å². The van der Waals surface area contributed by atoms with Gasteiger partial charge in [0.1, 0.15) is 0 Å². The lowest BCUT2D eigenvalue weighted by Gasteiger charge is -2.13. The number of nitrogens with zero attached hydrogens (tertiary/aromatic N) is 1. The molecule has 0 heterocycles. The molecule has 0 aromatic rings. The minimum atomic E-state index is 0.346. The van der Waals surface area contributed by atoms with E-state index in [0.717, 1.165) is 0 Å². The van der Waals surface area contributed by atoms with E-state index in [-0.39, 0.29) is 0 Å². The molecule has 0 saturated carbocycles. The molecule has 0 radical (unpaired) electrons. The summed E-state index contributed by atoms with van der Waals surface area (Å²) in [7, 11) is 5.98. The summed E-state index contributed by atoms with van der Waals surface area (Å²) in [6.07, 6.45) is 4.39. The summed E-state index contributed by atoms with van der Waals surface area (Å²) >= 11 is 4.14. The third-order valence-electron chi connectivity index (χ3n) is 0.792. The van der Waals surface area contributed by atoms with Gasteiger partial charge in [-0.1, -0.05) is 0 Å². The van der Waals surface area contributed by atoms with Gasteiger partial charge < -0.3 is 0 Å². The van der Waals surface area contributed by atoms with Crippen molar-refractivity contribution in [1.82, 2.24) is 4.90 Å². The monoisotopic (exact) mass is 183 g/mol. The maximum absolute atomic E-state index is 4.14. The number of rotatable bonds is 0. The average molecular weight is 183 g/mol. The third kappa shape index (κ3) is 3.55. The van der Waals surface area contributed by atoms with Crippen molar-refractivity contribution in [3.8, 4) is 0 Å². The van der Waals surface area contributed by atoms with E-state index in [1.165, 1.54) is 15.1 Å². The van der Waals surface area contributed by atoms with Crippen LogP contribution in [0.4, 0.5) is 0 Å². The Labute approximate surface area is 68.9 Å². The van der Waals surface area contributed by atoms with Crippen LogP contribution in [0.5, 0.6) is 0 Å². The highest BCUT2D eigenvalue weighted by molar-refractivity contribution is 8.77. The normalized spacial score (nSPS) is 11.0. The van der Waals surface area contributed by atoms with E-state index in [2.05, 4.69) is 29.1 Å². The van der Waals surface area contributed by atoms with E-state index in [1.54, 1.807) is 0 Å². The van der Waals surface area contributed by atoms with Gasteiger partial charge in [-0.3, -0.25) is 4.90 Å². The molecule has 0 atom stereocenters. The molecule has 0 amide bonds. The fourth-order valence-electron chi connectivity index (χ4n) is 0.521. The van der Waals surface area contributed by atoms with Crippen LogP contribution in [-0.2, 0) is 0 Å². The van der Waals surface area contributed by atoms with Crippen molar-refractivity contribution in [2.75, 3.05) is 26.6 Å². The molecule has 0 bridgehead atoms. The van der Waals surface area contributed by atoms with Crippen molar-refractivity contribution >= 4 is 37.3 Å². The van der Waals surface area contributed by atoms with Crippen LogP contribution < -0.4 is 0 Å². The average Bonchev–Trinajstić information content (AvgIpc) is 1.64. The zero-order valence-corrected chi connectivity index (χ0v) is 8.74. The highest BCUT2D eigenvalue weighted by Crippen LogP contribution is 2.19. The van der Waals surface area contributed by atoms with Crippen LogP contribution >= 0.6 is 32.9 Å². The van der Waals surface area contributed by atoms with Crippen LogP contribution in [-0.4, -0.2) is 35.8 Å². The molecule has 56 valence electrons. The maximum atomic E-state index is 4.14. The van der Waals surface area contributed by atoms with Gasteiger partial charge in [0, 0.05) is 0 Å². The van der Waals surface area contributed by atoms with E-state index in [1.807, 2.05) is 14.1 Å². The van der Waals surface area contributed by atoms with Gasteiger partial charge in [-0.15, -0.1) is 11.7 Å². The smallest absolute Gasteiger partial charge is 0.0853 e. The molecule has 9 heavy (non-hydrogen) atoms. The fourth-order valence-corrected chi connectivity index (χ4v) is 3.84. The van der Waals surface area contributed by atoms with Crippen molar-refractivity contribution in [3.05, 3.63) is 0 Å². The summed E-state index contributed by atoms with van der Waals surface area (Å²) in [5.41, 5.74) is 0. The maximum Gasteiger partial charge on any atom is 0.0853 e. The molecule has 0 aliphatic carbocycles. The molecule has 1 nitrogen and oxygen atoms in total. The molecular weight excluding hydrogens is 170 g/mol. The topological polar surface area (TPSA) is 3.24 Å². The first-order valence-electron chi connectivity index (χ1n) is 2.53. The first-order valence-corrected chi connectivity index (χ1v) is 6.44. The lowest BCUT2D eigenvalue weighted by molar-refractivity contribution is 0.648. The minimum Gasteiger partial charge on any atom is -0.270 e. The number of thiol groups is 1. The van der Waals surface area contributed by atoms with Crippen molar-refractivity contribution in [1.29, 1.82) is 0 Å². The van der Waals surface area contributed by atoms with Crippen LogP contribution in [0.1, 0.15) is 0 Å². The third-order valence-corrected chi connectivity index (χ3v) is 4.52. The quantitative estimate of drug-likeness (QED) is 0.346. The lowest BCUT2D eigenvalue weighted by Crippen LogP contribution is -2.17. The van der Waals surface area contributed by atoms with Crippen LogP contribution in [0.25, 0.3) is 0 Å². The highest BCUT2D eigenvalue weighted by atomic mass is 33.1. The second-order valence-corrected chi connectivity index (χ2v) is 5.46. The molecule has 4 heteroatoms. The molecular formula is C5H13NS3. The Morgan fingerprint density at radius 1 is 1.44 bits per heavy atom. The molecule has 0 aliphatic rings. The zero-order valence-electron chi connectivity index (χ0n) is 6.21.